The maximum atomic E-state index is 13.1. The molecule has 0 spiro atoms. The summed E-state index contributed by atoms with van der Waals surface area (Å²) in [6.07, 6.45) is 0.789. The van der Waals surface area contributed by atoms with Crippen LogP contribution in [0.1, 0.15) is 18.2 Å². The standard InChI is InChI=1S/C21H20FN3O2/c1-14-4-3-5-19(10-14)27-15(2)21(26)23-12-18-11-20(25-13-24-18)16-6-8-17(22)9-7-16/h3-11,13,15H,12H2,1-2H3,(H,23,26). The summed E-state index contributed by atoms with van der Waals surface area (Å²) in [4.78, 5) is 20.6. The Labute approximate surface area is 157 Å². The van der Waals surface area contributed by atoms with Gasteiger partial charge in [0.1, 0.15) is 17.9 Å². The van der Waals surface area contributed by atoms with E-state index >= 15 is 0 Å². The van der Waals surface area contributed by atoms with Crippen LogP contribution < -0.4 is 10.1 Å². The van der Waals surface area contributed by atoms with Crippen LogP contribution in [-0.2, 0) is 11.3 Å². The molecule has 3 rings (SSSR count). The summed E-state index contributed by atoms with van der Waals surface area (Å²) in [5.74, 6) is 0.111. The lowest BCUT2D eigenvalue weighted by molar-refractivity contribution is -0.127. The van der Waals surface area contributed by atoms with Gasteiger partial charge >= 0.3 is 0 Å². The molecule has 1 atom stereocenters. The van der Waals surface area contributed by atoms with E-state index in [1.807, 2.05) is 31.2 Å². The van der Waals surface area contributed by atoms with Crippen LogP contribution in [0, 0.1) is 12.7 Å². The molecule has 0 aliphatic carbocycles. The number of halogens is 1. The number of carbonyl (C=O) groups is 1. The summed E-state index contributed by atoms with van der Waals surface area (Å²) < 4.78 is 18.7. The van der Waals surface area contributed by atoms with Crippen molar-refractivity contribution in [1.82, 2.24) is 15.3 Å². The number of carbonyl (C=O) groups excluding carboxylic acids is 1. The second-order valence-corrected chi connectivity index (χ2v) is 6.20. The molecule has 138 valence electrons. The van der Waals surface area contributed by atoms with Gasteiger partial charge in [0, 0.05) is 5.56 Å². The number of hydrogen-bond donors (Lipinski definition) is 1. The van der Waals surface area contributed by atoms with E-state index in [4.69, 9.17) is 4.74 Å². The fourth-order valence-electron chi connectivity index (χ4n) is 2.54. The first-order valence-corrected chi connectivity index (χ1v) is 8.59. The molecule has 0 bridgehead atoms. The van der Waals surface area contributed by atoms with Gasteiger partial charge in [-0.15, -0.1) is 0 Å². The van der Waals surface area contributed by atoms with Gasteiger partial charge in [0.2, 0.25) is 0 Å². The number of rotatable bonds is 6. The molecule has 0 aliphatic heterocycles. The molecule has 0 fully saturated rings. The van der Waals surface area contributed by atoms with Crippen LogP contribution in [0.15, 0.2) is 60.9 Å². The van der Waals surface area contributed by atoms with Crippen molar-refractivity contribution in [1.29, 1.82) is 0 Å². The number of benzene rings is 2. The van der Waals surface area contributed by atoms with Crippen molar-refractivity contribution in [2.75, 3.05) is 0 Å². The third-order valence-corrected chi connectivity index (χ3v) is 3.98. The number of aryl methyl sites for hydroxylation is 1. The highest BCUT2D eigenvalue weighted by atomic mass is 19.1. The summed E-state index contributed by atoms with van der Waals surface area (Å²) in [6, 6.07) is 15.4. The van der Waals surface area contributed by atoms with Crippen molar-refractivity contribution in [3.63, 3.8) is 0 Å². The van der Waals surface area contributed by atoms with Gasteiger partial charge in [0.15, 0.2) is 6.10 Å². The van der Waals surface area contributed by atoms with Crippen molar-refractivity contribution in [3.05, 3.63) is 78.0 Å². The van der Waals surface area contributed by atoms with E-state index in [9.17, 15) is 9.18 Å². The van der Waals surface area contributed by atoms with Crippen LogP contribution in [-0.4, -0.2) is 22.0 Å². The molecule has 0 saturated heterocycles. The Morgan fingerprint density at radius 2 is 1.93 bits per heavy atom. The molecule has 1 unspecified atom stereocenters. The van der Waals surface area contributed by atoms with E-state index in [-0.39, 0.29) is 18.3 Å². The van der Waals surface area contributed by atoms with E-state index in [1.54, 1.807) is 25.1 Å². The van der Waals surface area contributed by atoms with Gasteiger partial charge in [-0.25, -0.2) is 14.4 Å². The maximum Gasteiger partial charge on any atom is 0.261 e. The van der Waals surface area contributed by atoms with Crippen LogP contribution >= 0.6 is 0 Å². The molecule has 0 saturated carbocycles. The first-order chi connectivity index (χ1) is 13.0. The van der Waals surface area contributed by atoms with Crippen LogP contribution in [0.4, 0.5) is 4.39 Å². The minimum absolute atomic E-state index is 0.238. The largest absolute Gasteiger partial charge is 0.481 e. The number of nitrogens with one attached hydrogen (secondary N) is 1. The van der Waals surface area contributed by atoms with Crippen LogP contribution in [0.25, 0.3) is 11.3 Å². The molecule has 2 aromatic carbocycles. The van der Waals surface area contributed by atoms with Crippen LogP contribution in [0.2, 0.25) is 0 Å². The second-order valence-electron chi connectivity index (χ2n) is 6.20. The number of ether oxygens (including phenoxy) is 1. The Morgan fingerprint density at radius 3 is 2.67 bits per heavy atom. The Hall–Kier alpha value is -3.28. The van der Waals surface area contributed by atoms with Gasteiger partial charge in [-0.3, -0.25) is 4.79 Å². The first-order valence-electron chi connectivity index (χ1n) is 8.59. The zero-order chi connectivity index (χ0) is 19.2. The molecule has 1 amide bonds. The lowest BCUT2D eigenvalue weighted by Gasteiger charge is -2.15. The highest BCUT2D eigenvalue weighted by Gasteiger charge is 2.15. The molecule has 6 heteroatoms. The molecule has 0 radical (unpaired) electrons. The molecule has 0 aliphatic rings. The van der Waals surface area contributed by atoms with Gasteiger partial charge in [0.05, 0.1) is 17.9 Å². The van der Waals surface area contributed by atoms with Gasteiger partial charge in [-0.1, -0.05) is 12.1 Å². The minimum Gasteiger partial charge on any atom is -0.481 e. The Kier molecular flexibility index (Phi) is 5.76. The Morgan fingerprint density at radius 1 is 1.15 bits per heavy atom. The zero-order valence-electron chi connectivity index (χ0n) is 15.1. The number of amides is 1. The second kappa shape index (κ2) is 8.40. The normalized spacial score (nSPS) is 11.7. The van der Waals surface area contributed by atoms with Crippen LogP contribution in [0.3, 0.4) is 0 Å². The Bertz CT molecular complexity index is 929. The number of aromatic nitrogens is 2. The summed E-state index contributed by atoms with van der Waals surface area (Å²) in [5.41, 5.74) is 3.16. The number of hydrogen-bond acceptors (Lipinski definition) is 4. The smallest absolute Gasteiger partial charge is 0.261 e. The predicted octanol–water partition coefficient (Wildman–Crippen LogP) is 3.67. The molecular formula is C21H20FN3O2. The van der Waals surface area contributed by atoms with Crippen molar-refractivity contribution in [2.24, 2.45) is 0 Å². The van der Waals surface area contributed by atoms with E-state index in [2.05, 4.69) is 15.3 Å². The summed E-state index contributed by atoms with van der Waals surface area (Å²) in [5, 5.41) is 2.81. The molecule has 27 heavy (non-hydrogen) atoms. The zero-order valence-corrected chi connectivity index (χ0v) is 15.1. The van der Waals surface area contributed by atoms with Gasteiger partial charge in [0.25, 0.3) is 5.91 Å². The SMILES string of the molecule is Cc1cccc(OC(C)C(=O)NCc2cc(-c3ccc(F)cc3)ncn2)c1. The van der Waals surface area contributed by atoms with E-state index in [0.29, 0.717) is 17.1 Å². The van der Waals surface area contributed by atoms with E-state index in [1.165, 1.54) is 18.5 Å². The number of nitrogens with zero attached hydrogens (tertiary/aromatic N) is 2. The molecule has 3 aromatic rings. The first kappa shape index (κ1) is 18.5. The third kappa shape index (κ3) is 5.10. The highest BCUT2D eigenvalue weighted by Crippen LogP contribution is 2.17. The maximum absolute atomic E-state index is 13.1. The van der Waals surface area contributed by atoms with Crippen molar-refractivity contribution >= 4 is 5.91 Å². The average Bonchev–Trinajstić information content (AvgIpc) is 2.67. The van der Waals surface area contributed by atoms with Crippen LogP contribution in [0.5, 0.6) is 5.75 Å². The van der Waals surface area contributed by atoms with Crippen molar-refractivity contribution in [3.8, 4) is 17.0 Å². The minimum atomic E-state index is -0.634. The lowest BCUT2D eigenvalue weighted by atomic mass is 10.1. The topological polar surface area (TPSA) is 64.1 Å². The molecule has 1 heterocycles. The molecule has 1 aromatic heterocycles. The third-order valence-electron chi connectivity index (χ3n) is 3.98. The molecular weight excluding hydrogens is 345 g/mol. The fourth-order valence-corrected chi connectivity index (χ4v) is 2.54. The Balaban J connectivity index is 1.60. The van der Waals surface area contributed by atoms with Crippen molar-refractivity contribution < 1.29 is 13.9 Å². The highest BCUT2D eigenvalue weighted by molar-refractivity contribution is 5.80. The quantitative estimate of drug-likeness (QED) is 0.724. The predicted molar refractivity (Wildman–Crippen MR) is 101 cm³/mol. The average molecular weight is 365 g/mol. The summed E-state index contributed by atoms with van der Waals surface area (Å²) >= 11 is 0. The molecule has 1 N–H and O–H groups in total. The summed E-state index contributed by atoms with van der Waals surface area (Å²) in [7, 11) is 0. The fraction of sp³-hybridized carbons (Fsp3) is 0.190. The van der Waals surface area contributed by atoms with Crippen molar-refractivity contribution in [2.45, 2.75) is 26.5 Å². The summed E-state index contributed by atoms with van der Waals surface area (Å²) in [6.45, 7) is 3.91. The van der Waals surface area contributed by atoms with Gasteiger partial charge in [-0.05, 0) is 61.9 Å². The van der Waals surface area contributed by atoms with Gasteiger partial charge < -0.3 is 10.1 Å². The van der Waals surface area contributed by atoms with Gasteiger partial charge in [-0.2, -0.15) is 0 Å². The molecule has 5 nitrogen and oxygen atoms in total. The van der Waals surface area contributed by atoms with E-state index < -0.39 is 6.10 Å². The van der Waals surface area contributed by atoms with E-state index in [0.717, 1.165) is 11.1 Å². The lowest BCUT2D eigenvalue weighted by Crippen LogP contribution is -2.36. The monoisotopic (exact) mass is 365 g/mol.